The van der Waals surface area contributed by atoms with E-state index in [1.807, 2.05) is 71.4 Å². The normalized spacial score (nSPS) is 19.0. The number of ether oxygens (including phenoxy) is 3. The summed E-state index contributed by atoms with van der Waals surface area (Å²) in [5, 5.41) is 9.31. The summed E-state index contributed by atoms with van der Waals surface area (Å²) < 4.78 is 19.9. The van der Waals surface area contributed by atoms with E-state index in [2.05, 4.69) is 31.2 Å². The molecular formula is C41H48N8O4S. The number of para-hydroxylation sites is 1. The summed E-state index contributed by atoms with van der Waals surface area (Å²) in [7, 11) is 0. The Labute approximate surface area is 320 Å². The van der Waals surface area contributed by atoms with Gasteiger partial charge in [-0.15, -0.1) is 11.8 Å². The van der Waals surface area contributed by atoms with Gasteiger partial charge in [-0.1, -0.05) is 24.3 Å². The van der Waals surface area contributed by atoms with Gasteiger partial charge in [0.2, 0.25) is 0 Å². The number of carbonyl (C=O) groups excluding carboxylic acids is 1. The number of nitrogens with two attached hydrogens (primary N) is 1. The number of thioether (sulfide) groups is 1. The molecule has 1 unspecified atom stereocenters. The molecule has 8 rings (SSSR count). The number of fused-ring (bicyclic) bond motifs is 2. The van der Waals surface area contributed by atoms with Crippen LogP contribution in [0.25, 0.3) is 22.3 Å². The summed E-state index contributed by atoms with van der Waals surface area (Å²) in [6.07, 6.45) is 5.77. The number of amides is 1. The van der Waals surface area contributed by atoms with Crippen molar-refractivity contribution in [2.45, 2.75) is 49.2 Å². The highest BCUT2D eigenvalue weighted by atomic mass is 32.2. The van der Waals surface area contributed by atoms with E-state index >= 15 is 0 Å². The first-order valence-electron chi connectivity index (χ1n) is 19.1. The van der Waals surface area contributed by atoms with Crippen LogP contribution in [0.4, 0.5) is 5.82 Å². The van der Waals surface area contributed by atoms with Crippen LogP contribution in [0.2, 0.25) is 0 Å². The summed E-state index contributed by atoms with van der Waals surface area (Å²) in [6.45, 7) is 7.72. The Morgan fingerprint density at radius 1 is 0.870 bits per heavy atom. The van der Waals surface area contributed by atoms with Crippen LogP contribution in [0.1, 0.15) is 47.6 Å². The van der Waals surface area contributed by atoms with Gasteiger partial charge in [-0.05, 0) is 92.9 Å². The maximum atomic E-state index is 13.1. The van der Waals surface area contributed by atoms with Crippen molar-refractivity contribution in [2.24, 2.45) is 0 Å². The fourth-order valence-corrected chi connectivity index (χ4v) is 8.72. The molecule has 0 radical (unpaired) electrons. The second kappa shape index (κ2) is 17.3. The number of nitrogens with zero attached hydrogens (tertiary/aromatic N) is 6. The van der Waals surface area contributed by atoms with Gasteiger partial charge in [0.15, 0.2) is 5.65 Å². The number of nitrogens with one attached hydrogen (secondary N) is 1. The van der Waals surface area contributed by atoms with E-state index in [4.69, 9.17) is 25.0 Å². The van der Waals surface area contributed by atoms with Crippen LogP contribution >= 0.6 is 11.8 Å². The van der Waals surface area contributed by atoms with Gasteiger partial charge in [-0.2, -0.15) is 5.10 Å². The van der Waals surface area contributed by atoms with Crippen molar-refractivity contribution in [3.8, 4) is 22.8 Å². The van der Waals surface area contributed by atoms with E-state index < -0.39 is 0 Å². The van der Waals surface area contributed by atoms with Gasteiger partial charge in [0.05, 0.1) is 37.9 Å². The number of nitrogen functional groups attached to an aromatic ring is 1. The van der Waals surface area contributed by atoms with Crippen LogP contribution in [0.15, 0.2) is 84.0 Å². The molecular weight excluding hydrogens is 701 g/mol. The van der Waals surface area contributed by atoms with Crippen LogP contribution < -0.4 is 15.8 Å². The lowest BCUT2D eigenvalue weighted by molar-refractivity contribution is 0.0381. The number of hydrogen-bond donors (Lipinski definition) is 2. The highest BCUT2D eigenvalue weighted by Crippen LogP contribution is 2.36. The molecule has 5 aromatic rings. The number of benzene rings is 3. The maximum absolute atomic E-state index is 13.1. The summed E-state index contributed by atoms with van der Waals surface area (Å²) in [5.74, 6) is 2.96. The van der Waals surface area contributed by atoms with Crippen molar-refractivity contribution in [1.29, 1.82) is 0 Å². The van der Waals surface area contributed by atoms with Gasteiger partial charge < -0.3 is 30.2 Å². The van der Waals surface area contributed by atoms with Gasteiger partial charge in [0.1, 0.15) is 29.3 Å². The molecule has 3 N–H and O–H groups in total. The Kier molecular flexibility index (Phi) is 11.7. The van der Waals surface area contributed by atoms with Crippen LogP contribution in [0.3, 0.4) is 0 Å². The lowest BCUT2D eigenvalue weighted by Crippen LogP contribution is -2.46. The molecule has 0 spiro atoms. The zero-order valence-electron chi connectivity index (χ0n) is 30.6. The monoisotopic (exact) mass is 748 g/mol. The number of hydrogen-bond acceptors (Lipinski definition) is 11. The quantitative estimate of drug-likeness (QED) is 0.0960. The lowest BCUT2D eigenvalue weighted by Gasteiger charge is -2.32. The van der Waals surface area contributed by atoms with Crippen molar-refractivity contribution in [3.05, 3.63) is 90.3 Å². The molecule has 2 fully saturated rings. The van der Waals surface area contributed by atoms with E-state index in [1.54, 1.807) is 11.8 Å². The first-order valence-corrected chi connectivity index (χ1v) is 20.1. The van der Waals surface area contributed by atoms with E-state index in [9.17, 15) is 4.79 Å². The van der Waals surface area contributed by atoms with Crippen LogP contribution in [0, 0.1) is 0 Å². The van der Waals surface area contributed by atoms with Crippen molar-refractivity contribution in [3.63, 3.8) is 0 Å². The smallest absolute Gasteiger partial charge is 0.254 e. The number of carbonyl (C=O) groups is 1. The van der Waals surface area contributed by atoms with Crippen molar-refractivity contribution >= 4 is 34.5 Å². The minimum atomic E-state index is 0.155. The minimum absolute atomic E-state index is 0.155. The third kappa shape index (κ3) is 8.25. The van der Waals surface area contributed by atoms with Crippen molar-refractivity contribution in [2.75, 3.05) is 70.6 Å². The summed E-state index contributed by atoms with van der Waals surface area (Å²) in [5.41, 5.74) is 10.9. The van der Waals surface area contributed by atoms with E-state index in [-0.39, 0.29) is 18.0 Å². The van der Waals surface area contributed by atoms with E-state index in [1.165, 1.54) is 16.8 Å². The van der Waals surface area contributed by atoms with Crippen LogP contribution in [-0.4, -0.2) is 106 Å². The molecule has 0 aliphatic carbocycles. The number of anilines is 1. The predicted molar refractivity (Wildman–Crippen MR) is 211 cm³/mol. The molecule has 13 heteroatoms. The second-order valence-electron chi connectivity index (χ2n) is 14.1. The number of likely N-dealkylation sites (tertiary alicyclic amines) is 1. The number of rotatable bonds is 15. The van der Waals surface area contributed by atoms with E-state index in [0.29, 0.717) is 38.8 Å². The van der Waals surface area contributed by atoms with Gasteiger partial charge in [-0.3, -0.25) is 9.69 Å². The predicted octanol–water partition coefficient (Wildman–Crippen LogP) is 6.04. The van der Waals surface area contributed by atoms with Crippen LogP contribution in [0.5, 0.6) is 11.5 Å². The highest BCUT2D eigenvalue weighted by Gasteiger charge is 2.34. The standard InChI is InChI=1S/C41H48N8O4S/c42-39-37-38(29-13-15-33(16-14-29)53-32-9-2-1-3-10-32)46-49(40(37)45-28-44-39)31-8-6-18-47(26-31)19-20-51-21-22-52-23-24-54-36-12-4-11-34-35(36)27-48(41(34)50)30-7-5-17-43-25-30/h1-4,9-16,28,30-31,43H,5-8,17-27H2,(H2,42,44,45)/t30?,31-/m1/s1. The number of piperidine rings is 2. The topological polar surface area (TPSA) is 133 Å². The lowest BCUT2D eigenvalue weighted by atomic mass is 10.1. The Hall–Kier alpha value is -4.53. The summed E-state index contributed by atoms with van der Waals surface area (Å²) in [4.78, 5) is 27.8. The minimum Gasteiger partial charge on any atom is -0.457 e. The largest absolute Gasteiger partial charge is 0.457 e. The van der Waals surface area contributed by atoms with Gasteiger partial charge in [-0.25, -0.2) is 14.6 Å². The molecule has 12 nitrogen and oxygen atoms in total. The fraction of sp³-hybridized carbons (Fsp3) is 0.415. The molecule has 5 heterocycles. The van der Waals surface area contributed by atoms with Gasteiger partial charge >= 0.3 is 0 Å². The van der Waals surface area contributed by atoms with Gasteiger partial charge in [0, 0.05) is 54.0 Å². The third-order valence-corrected chi connectivity index (χ3v) is 11.6. The second-order valence-corrected chi connectivity index (χ2v) is 15.2. The molecule has 0 saturated carbocycles. The molecule has 3 aliphatic heterocycles. The highest BCUT2D eigenvalue weighted by molar-refractivity contribution is 7.99. The zero-order chi connectivity index (χ0) is 36.7. The summed E-state index contributed by atoms with van der Waals surface area (Å²) in [6, 6.07) is 24.2. The van der Waals surface area contributed by atoms with Crippen molar-refractivity contribution in [1.82, 2.24) is 34.9 Å². The molecule has 3 aromatic carbocycles. The Morgan fingerprint density at radius 2 is 1.69 bits per heavy atom. The van der Waals surface area contributed by atoms with Crippen molar-refractivity contribution < 1.29 is 19.0 Å². The van der Waals surface area contributed by atoms with E-state index in [0.717, 1.165) is 104 Å². The molecule has 282 valence electrons. The molecule has 3 aliphatic rings. The SMILES string of the molecule is Nc1ncnc2c1c(-c1ccc(Oc3ccccc3)cc1)nn2[C@@H]1CCCN(CCOCCOCCSc2cccc3c2CN(C2CCCNC2)C3=O)C1. The number of aromatic nitrogens is 4. The molecule has 0 bridgehead atoms. The summed E-state index contributed by atoms with van der Waals surface area (Å²) >= 11 is 1.77. The Balaban J connectivity index is 0.784. The first kappa shape index (κ1) is 36.4. The first-order chi connectivity index (χ1) is 26.6. The van der Waals surface area contributed by atoms with Crippen LogP contribution in [-0.2, 0) is 16.0 Å². The third-order valence-electron chi connectivity index (χ3n) is 10.5. The fourth-order valence-electron chi connectivity index (χ4n) is 7.77. The average Bonchev–Trinajstić information content (AvgIpc) is 3.78. The molecule has 2 saturated heterocycles. The zero-order valence-corrected chi connectivity index (χ0v) is 31.4. The molecule has 54 heavy (non-hydrogen) atoms. The molecule has 1 amide bonds. The molecule has 2 atom stereocenters. The Bertz CT molecular complexity index is 2020. The molecule has 2 aromatic heterocycles. The Morgan fingerprint density at radius 3 is 2.52 bits per heavy atom. The average molecular weight is 749 g/mol. The van der Waals surface area contributed by atoms with Gasteiger partial charge in [0.25, 0.3) is 5.91 Å². The maximum Gasteiger partial charge on any atom is 0.254 e.